The van der Waals surface area contributed by atoms with Gasteiger partial charge in [-0.3, -0.25) is 23.9 Å². The Morgan fingerprint density at radius 1 is 1.00 bits per heavy atom. The third-order valence-corrected chi connectivity index (χ3v) is 4.87. The van der Waals surface area contributed by atoms with Crippen molar-refractivity contribution in [1.82, 2.24) is 14.5 Å². The number of para-hydroxylation sites is 2. The summed E-state index contributed by atoms with van der Waals surface area (Å²) >= 11 is 0. The summed E-state index contributed by atoms with van der Waals surface area (Å²) in [5.74, 6) is -1.47. The number of imidazole rings is 1. The van der Waals surface area contributed by atoms with Crippen LogP contribution in [-0.4, -0.2) is 38.8 Å². The van der Waals surface area contributed by atoms with E-state index < -0.39 is 30.9 Å². The van der Waals surface area contributed by atoms with Crippen molar-refractivity contribution in [2.45, 2.75) is 26.0 Å². The minimum atomic E-state index is -2.82. The summed E-state index contributed by atoms with van der Waals surface area (Å²) < 4.78 is 32.6. The van der Waals surface area contributed by atoms with Gasteiger partial charge in [-0.2, -0.15) is 8.78 Å². The van der Waals surface area contributed by atoms with Crippen LogP contribution in [0.2, 0.25) is 0 Å². The minimum Gasteiger partial charge on any atom is -0.458 e. The molecule has 0 bridgehead atoms. The molecule has 0 radical (unpaired) electrons. The monoisotopic (exact) mass is 413 g/mol. The molecule has 0 aliphatic carbocycles. The fourth-order valence-electron chi connectivity index (χ4n) is 3.45. The van der Waals surface area contributed by atoms with Crippen LogP contribution < -0.4 is 0 Å². The van der Waals surface area contributed by atoms with E-state index in [0.717, 1.165) is 9.47 Å². The lowest BCUT2D eigenvalue weighted by Gasteiger charge is -2.13. The maximum atomic E-state index is 13.4. The fraction of sp³-hybridized carbons (Fsp3) is 0.238. The lowest BCUT2D eigenvalue weighted by atomic mass is 10.1. The van der Waals surface area contributed by atoms with Crippen LogP contribution in [0.3, 0.4) is 0 Å². The van der Waals surface area contributed by atoms with Crippen LogP contribution in [0.4, 0.5) is 8.78 Å². The number of carbonyl (C=O) groups is 3. The highest BCUT2D eigenvalue weighted by atomic mass is 19.3. The Morgan fingerprint density at radius 3 is 2.30 bits per heavy atom. The smallest absolute Gasteiger partial charge is 0.320 e. The second-order valence-corrected chi connectivity index (χ2v) is 6.74. The van der Waals surface area contributed by atoms with E-state index in [0.29, 0.717) is 16.6 Å². The number of nitrogens with zero attached hydrogens (tertiary/aromatic N) is 3. The molecule has 1 aliphatic heterocycles. The second kappa shape index (κ2) is 8.02. The zero-order chi connectivity index (χ0) is 21.3. The molecular formula is C21H17F2N3O4. The lowest BCUT2D eigenvalue weighted by Crippen LogP contribution is -2.31. The first-order chi connectivity index (χ1) is 14.5. The number of ether oxygens (including phenoxy) is 1. The van der Waals surface area contributed by atoms with Crippen LogP contribution >= 0.6 is 0 Å². The van der Waals surface area contributed by atoms with E-state index in [4.69, 9.17) is 4.74 Å². The van der Waals surface area contributed by atoms with Gasteiger partial charge in [0.25, 0.3) is 11.8 Å². The topological polar surface area (TPSA) is 81.5 Å². The van der Waals surface area contributed by atoms with Gasteiger partial charge in [-0.05, 0) is 30.7 Å². The molecule has 0 atom stereocenters. The van der Waals surface area contributed by atoms with E-state index in [1.165, 1.54) is 6.07 Å². The number of amides is 2. The number of fused-ring (bicyclic) bond motifs is 2. The van der Waals surface area contributed by atoms with E-state index in [-0.39, 0.29) is 30.7 Å². The number of hydrogen-bond acceptors (Lipinski definition) is 5. The second-order valence-electron chi connectivity index (χ2n) is 6.74. The van der Waals surface area contributed by atoms with Crippen molar-refractivity contribution in [3.05, 3.63) is 65.5 Å². The van der Waals surface area contributed by atoms with Gasteiger partial charge in [-0.25, -0.2) is 4.98 Å². The van der Waals surface area contributed by atoms with Crippen LogP contribution in [0.5, 0.6) is 0 Å². The van der Waals surface area contributed by atoms with Gasteiger partial charge in [0.15, 0.2) is 5.82 Å². The SMILES string of the molecule is O=C(CCCN1C(=O)c2ccccc2C1=O)OCc1nc2ccccc2n1C(F)F. The van der Waals surface area contributed by atoms with E-state index in [1.54, 1.807) is 42.5 Å². The zero-order valence-corrected chi connectivity index (χ0v) is 15.8. The number of benzene rings is 2. The Hall–Kier alpha value is -3.62. The quantitative estimate of drug-likeness (QED) is 0.437. The first-order valence-electron chi connectivity index (χ1n) is 9.32. The van der Waals surface area contributed by atoms with Gasteiger partial charge in [-0.15, -0.1) is 0 Å². The van der Waals surface area contributed by atoms with Crippen LogP contribution in [0.1, 0.15) is 45.9 Å². The fourth-order valence-corrected chi connectivity index (χ4v) is 3.45. The standard InChI is InChI=1S/C21H17F2N3O4/c22-21(23)26-16-9-4-3-8-15(16)24-17(26)12-30-18(27)10-5-11-25-19(28)13-6-1-2-7-14(13)20(25)29/h1-4,6-9,21H,5,10-12H2. The lowest BCUT2D eigenvalue weighted by molar-refractivity contribution is -0.145. The number of alkyl halides is 2. The third kappa shape index (κ3) is 3.54. The molecular weight excluding hydrogens is 396 g/mol. The molecule has 1 aliphatic rings. The molecule has 2 heterocycles. The highest BCUT2D eigenvalue weighted by Gasteiger charge is 2.34. The van der Waals surface area contributed by atoms with Crippen molar-refractivity contribution in [1.29, 1.82) is 0 Å². The molecule has 154 valence electrons. The molecule has 0 spiro atoms. The van der Waals surface area contributed by atoms with Crippen molar-refractivity contribution in [3.8, 4) is 0 Å². The summed E-state index contributed by atoms with van der Waals surface area (Å²) in [5.41, 5.74) is 1.32. The molecule has 4 rings (SSSR count). The average molecular weight is 413 g/mol. The van der Waals surface area contributed by atoms with Gasteiger partial charge in [0.1, 0.15) is 6.61 Å². The van der Waals surface area contributed by atoms with E-state index in [2.05, 4.69) is 4.98 Å². The number of halogens is 2. The first kappa shape index (κ1) is 19.7. The Morgan fingerprint density at radius 2 is 1.63 bits per heavy atom. The molecule has 0 saturated carbocycles. The summed E-state index contributed by atoms with van der Waals surface area (Å²) in [4.78, 5) is 41.8. The number of esters is 1. The van der Waals surface area contributed by atoms with Crippen molar-refractivity contribution >= 4 is 28.8 Å². The molecule has 2 aromatic carbocycles. The molecule has 0 unspecified atom stereocenters. The zero-order valence-electron chi connectivity index (χ0n) is 15.8. The van der Waals surface area contributed by atoms with Crippen molar-refractivity contribution < 1.29 is 27.9 Å². The van der Waals surface area contributed by atoms with Gasteiger partial charge < -0.3 is 4.74 Å². The summed E-state index contributed by atoms with van der Waals surface area (Å²) in [5, 5.41) is 0. The van der Waals surface area contributed by atoms with Gasteiger partial charge in [-0.1, -0.05) is 24.3 Å². The number of hydrogen-bond donors (Lipinski definition) is 0. The van der Waals surface area contributed by atoms with Gasteiger partial charge in [0.2, 0.25) is 0 Å². The number of imide groups is 1. The predicted molar refractivity (Wildman–Crippen MR) is 102 cm³/mol. The van der Waals surface area contributed by atoms with Crippen molar-refractivity contribution in [2.24, 2.45) is 0 Å². The van der Waals surface area contributed by atoms with Crippen LogP contribution in [-0.2, 0) is 16.1 Å². The molecule has 2 amide bonds. The number of aromatic nitrogens is 2. The third-order valence-electron chi connectivity index (χ3n) is 4.87. The average Bonchev–Trinajstić information content (AvgIpc) is 3.23. The van der Waals surface area contributed by atoms with Crippen molar-refractivity contribution in [2.75, 3.05) is 6.54 Å². The van der Waals surface area contributed by atoms with E-state index in [9.17, 15) is 23.2 Å². The van der Waals surface area contributed by atoms with Crippen molar-refractivity contribution in [3.63, 3.8) is 0 Å². The Kier molecular flexibility index (Phi) is 5.26. The Balaban J connectivity index is 1.32. The van der Waals surface area contributed by atoms with E-state index in [1.807, 2.05) is 0 Å². The summed E-state index contributed by atoms with van der Waals surface area (Å²) in [6.45, 7) is -3.15. The number of rotatable bonds is 7. The highest BCUT2D eigenvalue weighted by Crippen LogP contribution is 2.24. The molecule has 7 nitrogen and oxygen atoms in total. The molecule has 1 aromatic heterocycles. The molecule has 0 saturated heterocycles. The summed E-state index contributed by atoms with van der Waals surface area (Å²) in [6, 6.07) is 12.9. The Labute approximate surface area is 169 Å². The first-order valence-corrected chi connectivity index (χ1v) is 9.32. The van der Waals surface area contributed by atoms with Crippen LogP contribution in [0, 0.1) is 0 Å². The van der Waals surface area contributed by atoms with Gasteiger partial charge >= 0.3 is 12.5 Å². The van der Waals surface area contributed by atoms with E-state index >= 15 is 0 Å². The molecule has 0 fully saturated rings. The highest BCUT2D eigenvalue weighted by molar-refractivity contribution is 6.21. The molecule has 9 heteroatoms. The summed E-state index contributed by atoms with van der Waals surface area (Å²) in [7, 11) is 0. The van der Waals surface area contributed by atoms with Crippen LogP contribution in [0.15, 0.2) is 48.5 Å². The molecule has 0 N–H and O–H groups in total. The van der Waals surface area contributed by atoms with Gasteiger partial charge in [0.05, 0.1) is 22.2 Å². The Bertz CT molecular complexity index is 1110. The minimum absolute atomic E-state index is 0.0556. The maximum Gasteiger partial charge on any atom is 0.320 e. The number of carbonyl (C=O) groups excluding carboxylic acids is 3. The maximum absolute atomic E-state index is 13.4. The summed E-state index contributed by atoms with van der Waals surface area (Å²) in [6.07, 6.45) is 0.137. The normalized spacial score (nSPS) is 13.4. The largest absolute Gasteiger partial charge is 0.458 e. The molecule has 3 aromatic rings. The van der Waals surface area contributed by atoms with Gasteiger partial charge in [0, 0.05) is 13.0 Å². The predicted octanol–water partition coefficient (Wildman–Crippen LogP) is 3.55. The van der Waals surface area contributed by atoms with Crippen LogP contribution in [0.25, 0.3) is 11.0 Å². The molecule has 30 heavy (non-hydrogen) atoms.